The minimum Gasteiger partial charge on any atom is -0.465 e. The Morgan fingerprint density at radius 1 is 1.26 bits per heavy atom. The molecule has 0 radical (unpaired) electrons. The number of ether oxygens (including phenoxy) is 3. The second-order valence-electron chi connectivity index (χ2n) is 7.98. The predicted octanol–water partition coefficient (Wildman–Crippen LogP) is 2.53. The number of furan rings is 1. The summed E-state index contributed by atoms with van der Waals surface area (Å²) in [6, 6.07) is 4.25. The van der Waals surface area contributed by atoms with Gasteiger partial charge in [-0.1, -0.05) is 0 Å². The molecule has 178 valence electrons. The number of rotatable bonds is 10. The number of methoxy groups -OCH3 is 1. The molecule has 2 saturated heterocycles. The molecule has 1 aromatic heterocycles. The molecular weight excluding hydrogens is 511 g/mol. The fourth-order valence-electron chi connectivity index (χ4n) is 4.06. The van der Waals surface area contributed by atoms with Crippen molar-refractivity contribution in [3.63, 3.8) is 0 Å². The van der Waals surface area contributed by atoms with E-state index in [9.17, 15) is 0 Å². The first kappa shape index (κ1) is 26.4. The van der Waals surface area contributed by atoms with E-state index < -0.39 is 0 Å². The van der Waals surface area contributed by atoms with Crippen molar-refractivity contribution in [1.82, 2.24) is 15.1 Å². The van der Waals surface area contributed by atoms with Crippen LogP contribution in [0.1, 0.15) is 30.9 Å². The zero-order chi connectivity index (χ0) is 21.2. The molecule has 0 aromatic carbocycles. The number of aliphatic imine (C=N–C) groups is 1. The van der Waals surface area contributed by atoms with Gasteiger partial charge in [-0.15, -0.1) is 24.0 Å². The van der Waals surface area contributed by atoms with Gasteiger partial charge in [0.2, 0.25) is 0 Å². The van der Waals surface area contributed by atoms with Crippen molar-refractivity contribution in [2.24, 2.45) is 10.9 Å². The van der Waals surface area contributed by atoms with Crippen LogP contribution in [0.5, 0.6) is 0 Å². The van der Waals surface area contributed by atoms with Crippen molar-refractivity contribution < 1.29 is 18.6 Å². The van der Waals surface area contributed by atoms with E-state index in [4.69, 9.17) is 23.6 Å². The second kappa shape index (κ2) is 14.3. The summed E-state index contributed by atoms with van der Waals surface area (Å²) in [6.07, 6.45) is 1.13. The zero-order valence-corrected chi connectivity index (χ0v) is 21.5. The maximum atomic E-state index is 5.99. The lowest BCUT2D eigenvalue weighted by molar-refractivity contribution is 0.0135. The number of hydrogen-bond donors (Lipinski definition) is 1. The molecule has 8 nitrogen and oxygen atoms in total. The van der Waals surface area contributed by atoms with Gasteiger partial charge < -0.3 is 28.8 Å². The second-order valence-corrected chi connectivity index (χ2v) is 7.98. The van der Waals surface area contributed by atoms with Gasteiger partial charge in [-0.2, -0.15) is 0 Å². The average molecular weight is 550 g/mol. The summed E-state index contributed by atoms with van der Waals surface area (Å²) in [7, 11) is 1.70. The minimum atomic E-state index is 0. The third-order valence-electron chi connectivity index (χ3n) is 5.70. The van der Waals surface area contributed by atoms with E-state index in [2.05, 4.69) is 28.1 Å². The molecule has 1 aromatic rings. The van der Waals surface area contributed by atoms with Gasteiger partial charge in [0.1, 0.15) is 11.5 Å². The Morgan fingerprint density at radius 3 is 2.74 bits per heavy atom. The Kier molecular flexibility index (Phi) is 12.2. The molecule has 0 saturated carbocycles. The lowest BCUT2D eigenvalue weighted by Crippen LogP contribution is -2.42. The number of morpholine rings is 1. The highest BCUT2D eigenvalue weighted by atomic mass is 127. The van der Waals surface area contributed by atoms with Crippen LogP contribution >= 0.6 is 24.0 Å². The average Bonchev–Trinajstić information content (AvgIpc) is 3.41. The van der Waals surface area contributed by atoms with E-state index in [-0.39, 0.29) is 30.0 Å². The van der Waals surface area contributed by atoms with Crippen LogP contribution in [-0.4, -0.2) is 95.2 Å². The van der Waals surface area contributed by atoms with Crippen LogP contribution in [0.25, 0.3) is 0 Å². The van der Waals surface area contributed by atoms with Crippen molar-refractivity contribution in [3.8, 4) is 0 Å². The highest BCUT2D eigenvalue weighted by Gasteiger charge is 2.28. The van der Waals surface area contributed by atoms with Gasteiger partial charge in [-0.3, -0.25) is 9.89 Å². The number of hydrogen-bond acceptors (Lipinski definition) is 6. The first-order chi connectivity index (χ1) is 14.7. The summed E-state index contributed by atoms with van der Waals surface area (Å²) < 4.78 is 22.3. The van der Waals surface area contributed by atoms with Gasteiger partial charge in [0.05, 0.1) is 45.6 Å². The third kappa shape index (κ3) is 8.20. The van der Waals surface area contributed by atoms with Gasteiger partial charge in [0, 0.05) is 45.8 Å². The Bertz CT molecular complexity index is 651. The molecule has 2 fully saturated rings. The molecule has 2 aliphatic rings. The molecule has 1 N–H and O–H groups in total. The maximum Gasteiger partial charge on any atom is 0.193 e. The fourth-order valence-corrected chi connectivity index (χ4v) is 4.06. The fraction of sp³-hybridized carbons (Fsp3) is 0.773. The lowest BCUT2D eigenvalue weighted by atomic mass is 10.1. The normalized spacial score (nSPS) is 21.2. The number of guanidine groups is 1. The molecule has 0 aliphatic carbocycles. The van der Waals surface area contributed by atoms with Gasteiger partial charge in [-0.05, 0) is 32.4 Å². The molecule has 2 atom stereocenters. The topological polar surface area (TPSA) is 71.7 Å². The van der Waals surface area contributed by atoms with Crippen molar-refractivity contribution in [2.45, 2.75) is 26.3 Å². The summed E-state index contributed by atoms with van der Waals surface area (Å²) in [5.41, 5.74) is 0. The van der Waals surface area contributed by atoms with E-state index in [0.29, 0.717) is 25.7 Å². The molecule has 3 rings (SSSR count). The molecule has 3 heterocycles. The Labute approximate surface area is 203 Å². The van der Waals surface area contributed by atoms with Gasteiger partial charge in [-0.25, -0.2) is 0 Å². The first-order valence-corrected chi connectivity index (χ1v) is 11.2. The molecular formula is C22H39IN4O4. The Balaban J connectivity index is 0.00000341. The third-order valence-corrected chi connectivity index (χ3v) is 5.70. The van der Waals surface area contributed by atoms with E-state index in [1.165, 1.54) is 0 Å². The van der Waals surface area contributed by atoms with Gasteiger partial charge in [0.15, 0.2) is 5.96 Å². The Morgan fingerprint density at radius 2 is 2.06 bits per heavy atom. The van der Waals surface area contributed by atoms with Crippen LogP contribution < -0.4 is 5.32 Å². The molecule has 0 amide bonds. The SMILES string of the molecule is CCNC(=NCC(c1ccc(C)o1)N1CCOCC1)N1CCC(COCCOC)C1.I. The highest BCUT2D eigenvalue weighted by Crippen LogP contribution is 2.25. The number of nitrogens with zero attached hydrogens (tertiary/aromatic N) is 3. The van der Waals surface area contributed by atoms with Crippen molar-refractivity contribution >= 4 is 29.9 Å². The van der Waals surface area contributed by atoms with E-state index in [0.717, 1.165) is 76.4 Å². The van der Waals surface area contributed by atoms with Crippen LogP contribution in [0.15, 0.2) is 21.5 Å². The van der Waals surface area contributed by atoms with Crippen molar-refractivity contribution in [2.75, 3.05) is 79.4 Å². The van der Waals surface area contributed by atoms with Gasteiger partial charge >= 0.3 is 0 Å². The largest absolute Gasteiger partial charge is 0.465 e. The van der Waals surface area contributed by atoms with Crippen molar-refractivity contribution in [3.05, 3.63) is 23.7 Å². The van der Waals surface area contributed by atoms with E-state index in [1.807, 2.05) is 13.0 Å². The summed E-state index contributed by atoms with van der Waals surface area (Å²) >= 11 is 0. The standard InChI is InChI=1S/C22H38N4O4.HI/c1-4-23-22(26-8-7-19(16-26)17-29-14-13-27-3)24-15-20(21-6-5-18(2)30-21)25-9-11-28-12-10-25;/h5-6,19-20H,4,7-17H2,1-3H3,(H,23,24);1H. The molecule has 0 spiro atoms. The summed E-state index contributed by atoms with van der Waals surface area (Å²) in [5, 5.41) is 3.48. The lowest BCUT2D eigenvalue weighted by Gasteiger charge is -2.33. The van der Waals surface area contributed by atoms with Crippen LogP contribution in [0.4, 0.5) is 0 Å². The predicted molar refractivity (Wildman–Crippen MR) is 132 cm³/mol. The number of likely N-dealkylation sites (tertiary alicyclic amines) is 1. The smallest absolute Gasteiger partial charge is 0.193 e. The summed E-state index contributed by atoms with van der Waals surface area (Å²) in [6.45, 7) is 13.0. The molecule has 0 bridgehead atoms. The zero-order valence-electron chi connectivity index (χ0n) is 19.2. The summed E-state index contributed by atoms with van der Waals surface area (Å²) in [5.74, 6) is 3.45. The van der Waals surface area contributed by atoms with Gasteiger partial charge in [0.25, 0.3) is 0 Å². The molecule has 31 heavy (non-hydrogen) atoms. The van der Waals surface area contributed by atoms with E-state index >= 15 is 0 Å². The molecule has 2 aliphatic heterocycles. The Hall–Kier alpha value is -0.880. The maximum absolute atomic E-state index is 5.99. The highest BCUT2D eigenvalue weighted by molar-refractivity contribution is 14.0. The van der Waals surface area contributed by atoms with Crippen LogP contribution in [0.2, 0.25) is 0 Å². The molecule has 9 heteroatoms. The van der Waals surface area contributed by atoms with Crippen LogP contribution in [0.3, 0.4) is 0 Å². The monoisotopic (exact) mass is 550 g/mol. The summed E-state index contributed by atoms with van der Waals surface area (Å²) in [4.78, 5) is 9.81. The first-order valence-electron chi connectivity index (χ1n) is 11.2. The van der Waals surface area contributed by atoms with Crippen LogP contribution in [0, 0.1) is 12.8 Å². The number of aryl methyl sites for hydroxylation is 1. The quantitative estimate of drug-likeness (QED) is 0.208. The number of halogens is 1. The van der Waals surface area contributed by atoms with Crippen LogP contribution in [-0.2, 0) is 14.2 Å². The minimum absolute atomic E-state index is 0. The number of nitrogens with one attached hydrogen (secondary N) is 1. The van der Waals surface area contributed by atoms with E-state index in [1.54, 1.807) is 7.11 Å². The molecule has 2 unspecified atom stereocenters. The van der Waals surface area contributed by atoms with Crippen molar-refractivity contribution in [1.29, 1.82) is 0 Å².